The molecule has 1 saturated carbocycles. The van der Waals surface area contributed by atoms with Gasteiger partial charge in [-0.2, -0.15) is 0 Å². The Morgan fingerprint density at radius 3 is 2.47 bits per heavy atom. The second-order valence-electron chi connectivity index (χ2n) is 5.23. The average molecular weight is 301 g/mol. The van der Waals surface area contributed by atoms with Crippen molar-refractivity contribution in [2.75, 3.05) is 0 Å². The molecule has 1 nitrogen and oxygen atoms in total. The molecule has 1 fully saturated rings. The molecule has 0 heterocycles. The van der Waals surface area contributed by atoms with E-state index in [1.807, 2.05) is 0 Å². The summed E-state index contributed by atoms with van der Waals surface area (Å²) in [4.78, 5) is 0. The second-order valence-corrected chi connectivity index (χ2v) is 6.09. The summed E-state index contributed by atoms with van der Waals surface area (Å²) in [6.45, 7) is 4.51. The Bertz CT molecular complexity index is 384. The van der Waals surface area contributed by atoms with Gasteiger partial charge in [-0.15, -0.1) is 0 Å². The first kappa shape index (κ1) is 12.9. The standard InChI is InChI=1S/C14H18BrFO/c1-9-5-10(2)7-12(6-9)17-14-8-11(16)3-4-13(14)15/h3-4,8-10,12H,5-7H2,1-2H3. The van der Waals surface area contributed by atoms with Crippen LogP contribution in [0.5, 0.6) is 5.75 Å². The van der Waals surface area contributed by atoms with Crippen LogP contribution in [0.3, 0.4) is 0 Å². The summed E-state index contributed by atoms with van der Waals surface area (Å²) >= 11 is 3.40. The summed E-state index contributed by atoms with van der Waals surface area (Å²) < 4.78 is 19.9. The van der Waals surface area contributed by atoms with Gasteiger partial charge < -0.3 is 4.74 Å². The smallest absolute Gasteiger partial charge is 0.136 e. The zero-order valence-corrected chi connectivity index (χ0v) is 11.8. The van der Waals surface area contributed by atoms with Gasteiger partial charge in [-0.3, -0.25) is 0 Å². The Hall–Kier alpha value is -0.570. The Labute approximate surface area is 110 Å². The van der Waals surface area contributed by atoms with Gasteiger partial charge in [0, 0.05) is 6.07 Å². The van der Waals surface area contributed by atoms with Crippen molar-refractivity contribution in [2.24, 2.45) is 11.8 Å². The zero-order chi connectivity index (χ0) is 12.4. The normalized spacial score (nSPS) is 29.1. The largest absolute Gasteiger partial charge is 0.489 e. The molecule has 0 saturated heterocycles. The molecular formula is C14H18BrFO. The van der Waals surface area contributed by atoms with Gasteiger partial charge in [-0.25, -0.2) is 4.39 Å². The third-order valence-corrected chi connectivity index (χ3v) is 3.98. The van der Waals surface area contributed by atoms with Crippen LogP contribution in [0.2, 0.25) is 0 Å². The first-order chi connectivity index (χ1) is 8.04. The van der Waals surface area contributed by atoms with Crippen molar-refractivity contribution in [1.82, 2.24) is 0 Å². The number of hydrogen-bond donors (Lipinski definition) is 0. The Morgan fingerprint density at radius 2 is 1.82 bits per heavy atom. The summed E-state index contributed by atoms with van der Waals surface area (Å²) in [7, 11) is 0. The van der Waals surface area contributed by atoms with Crippen molar-refractivity contribution in [3.63, 3.8) is 0 Å². The lowest BCUT2D eigenvalue weighted by Crippen LogP contribution is -2.28. The highest BCUT2D eigenvalue weighted by Gasteiger charge is 2.25. The maximum atomic E-state index is 13.2. The minimum absolute atomic E-state index is 0.215. The van der Waals surface area contributed by atoms with E-state index in [1.165, 1.54) is 18.6 Å². The van der Waals surface area contributed by atoms with E-state index in [9.17, 15) is 4.39 Å². The molecule has 2 rings (SSSR count). The molecule has 0 amide bonds. The molecule has 0 aliphatic heterocycles. The minimum Gasteiger partial charge on any atom is -0.489 e. The predicted molar refractivity (Wildman–Crippen MR) is 70.7 cm³/mol. The van der Waals surface area contributed by atoms with Gasteiger partial charge >= 0.3 is 0 Å². The van der Waals surface area contributed by atoms with Gasteiger partial charge in [0.1, 0.15) is 11.6 Å². The molecule has 2 unspecified atom stereocenters. The van der Waals surface area contributed by atoms with Gasteiger partial charge in [0.25, 0.3) is 0 Å². The van der Waals surface area contributed by atoms with Crippen LogP contribution < -0.4 is 4.74 Å². The third kappa shape index (κ3) is 3.44. The van der Waals surface area contributed by atoms with Crippen molar-refractivity contribution < 1.29 is 9.13 Å². The summed E-state index contributed by atoms with van der Waals surface area (Å²) in [5, 5.41) is 0. The summed E-state index contributed by atoms with van der Waals surface area (Å²) in [5.41, 5.74) is 0. The van der Waals surface area contributed by atoms with Crippen LogP contribution in [-0.4, -0.2) is 6.10 Å². The second kappa shape index (κ2) is 5.38. The monoisotopic (exact) mass is 300 g/mol. The summed E-state index contributed by atoms with van der Waals surface area (Å²) in [5.74, 6) is 1.75. The van der Waals surface area contributed by atoms with Crippen LogP contribution in [0.4, 0.5) is 4.39 Å². The molecule has 0 bridgehead atoms. The van der Waals surface area contributed by atoms with Crippen molar-refractivity contribution in [2.45, 2.75) is 39.2 Å². The predicted octanol–water partition coefficient (Wildman–Crippen LogP) is 4.79. The molecule has 1 aromatic rings. The maximum Gasteiger partial charge on any atom is 0.136 e. The van der Waals surface area contributed by atoms with Gasteiger partial charge in [0.05, 0.1) is 10.6 Å². The summed E-state index contributed by atoms with van der Waals surface area (Å²) in [6, 6.07) is 4.58. The number of rotatable bonds is 2. The van der Waals surface area contributed by atoms with Crippen molar-refractivity contribution in [3.8, 4) is 5.75 Å². The highest BCUT2D eigenvalue weighted by Crippen LogP contribution is 2.34. The van der Waals surface area contributed by atoms with E-state index in [2.05, 4.69) is 29.8 Å². The quantitative estimate of drug-likeness (QED) is 0.763. The molecule has 0 radical (unpaired) electrons. The topological polar surface area (TPSA) is 9.23 Å². The first-order valence-electron chi connectivity index (χ1n) is 6.16. The molecule has 1 aromatic carbocycles. The molecule has 1 aliphatic carbocycles. The van der Waals surface area contributed by atoms with Crippen molar-refractivity contribution >= 4 is 15.9 Å². The van der Waals surface area contributed by atoms with E-state index < -0.39 is 0 Å². The average Bonchev–Trinajstić information content (AvgIpc) is 2.22. The number of benzene rings is 1. The molecule has 17 heavy (non-hydrogen) atoms. The number of ether oxygens (including phenoxy) is 1. The van der Waals surface area contributed by atoms with Crippen LogP contribution in [0.1, 0.15) is 33.1 Å². The Morgan fingerprint density at radius 1 is 1.18 bits per heavy atom. The molecular weight excluding hydrogens is 283 g/mol. The first-order valence-corrected chi connectivity index (χ1v) is 6.95. The summed E-state index contributed by atoms with van der Waals surface area (Å²) in [6.07, 6.45) is 3.61. The maximum absolute atomic E-state index is 13.2. The van der Waals surface area contributed by atoms with E-state index >= 15 is 0 Å². The van der Waals surface area contributed by atoms with E-state index in [1.54, 1.807) is 6.07 Å². The molecule has 0 N–H and O–H groups in total. The zero-order valence-electron chi connectivity index (χ0n) is 10.2. The minimum atomic E-state index is -0.250. The van der Waals surface area contributed by atoms with Crippen LogP contribution in [0.15, 0.2) is 22.7 Å². The molecule has 94 valence electrons. The highest BCUT2D eigenvalue weighted by atomic mass is 79.9. The molecule has 0 aromatic heterocycles. The van der Waals surface area contributed by atoms with Crippen molar-refractivity contribution in [1.29, 1.82) is 0 Å². The molecule has 0 spiro atoms. The number of halogens is 2. The molecule has 3 heteroatoms. The molecule has 1 aliphatic rings. The van der Waals surface area contributed by atoms with Crippen LogP contribution in [0, 0.1) is 17.7 Å². The van der Waals surface area contributed by atoms with E-state index in [-0.39, 0.29) is 11.9 Å². The Kier molecular flexibility index (Phi) is 4.08. The van der Waals surface area contributed by atoms with Gasteiger partial charge in [0.15, 0.2) is 0 Å². The fraction of sp³-hybridized carbons (Fsp3) is 0.571. The Balaban J connectivity index is 2.07. The van der Waals surface area contributed by atoms with Crippen molar-refractivity contribution in [3.05, 3.63) is 28.5 Å². The van der Waals surface area contributed by atoms with Gasteiger partial charge in [0.2, 0.25) is 0 Å². The fourth-order valence-corrected chi connectivity index (χ4v) is 3.06. The fourth-order valence-electron chi connectivity index (χ4n) is 2.72. The van der Waals surface area contributed by atoms with Crippen LogP contribution >= 0.6 is 15.9 Å². The molecule has 2 atom stereocenters. The van der Waals surface area contributed by atoms with Crippen LogP contribution in [-0.2, 0) is 0 Å². The number of hydrogen-bond acceptors (Lipinski definition) is 1. The lowest BCUT2D eigenvalue weighted by Gasteiger charge is -2.31. The van der Waals surface area contributed by atoms with E-state index in [4.69, 9.17) is 4.74 Å². The van der Waals surface area contributed by atoms with Gasteiger partial charge in [-0.05, 0) is 59.2 Å². The SMILES string of the molecule is CC1CC(C)CC(Oc2cc(F)ccc2Br)C1. The lowest BCUT2D eigenvalue weighted by atomic mass is 9.82. The van der Waals surface area contributed by atoms with Gasteiger partial charge in [-0.1, -0.05) is 13.8 Å². The third-order valence-electron chi connectivity index (χ3n) is 3.32. The highest BCUT2D eigenvalue weighted by molar-refractivity contribution is 9.10. The van der Waals surface area contributed by atoms with Crippen LogP contribution in [0.25, 0.3) is 0 Å². The van der Waals surface area contributed by atoms with E-state index in [0.29, 0.717) is 17.6 Å². The van der Waals surface area contributed by atoms with E-state index in [0.717, 1.165) is 17.3 Å². The lowest BCUT2D eigenvalue weighted by molar-refractivity contribution is 0.1000.